The Balaban J connectivity index is 1.03. The third-order valence-electron chi connectivity index (χ3n) is 12.4. The minimum absolute atomic E-state index is 0.0808. The van der Waals surface area contributed by atoms with E-state index < -0.39 is 0 Å². The molecule has 0 radical (unpaired) electrons. The highest BCUT2D eigenvalue weighted by molar-refractivity contribution is 7.00. The smallest absolute Gasteiger partial charge is 0.252 e. The van der Waals surface area contributed by atoms with Gasteiger partial charge in [0.2, 0.25) is 0 Å². The van der Waals surface area contributed by atoms with E-state index in [2.05, 4.69) is 187 Å². The van der Waals surface area contributed by atoms with Crippen molar-refractivity contribution in [3.63, 3.8) is 0 Å². The average molecular weight is 703 g/mol. The minimum Gasteiger partial charge on any atom is -0.456 e. The van der Waals surface area contributed by atoms with E-state index in [4.69, 9.17) is 4.42 Å². The fraction of sp³-hybridized carbons (Fsp3) is 0.0588. The Hall–Kier alpha value is -6.78. The Morgan fingerprint density at radius 2 is 1.02 bits per heavy atom. The van der Waals surface area contributed by atoms with Gasteiger partial charge in [0.15, 0.2) is 0 Å². The number of benzene rings is 8. The lowest BCUT2D eigenvalue weighted by atomic mass is 9.33. The monoisotopic (exact) mass is 702 g/mol. The Morgan fingerprint density at radius 1 is 0.455 bits per heavy atom. The van der Waals surface area contributed by atoms with Gasteiger partial charge in [0.1, 0.15) is 11.2 Å². The van der Waals surface area contributed by atoms with E-state index in [1.807, 2.05) is 12.1 Å². The minimum atomic E-state index is -0.0808. The third-order valence-corrected chi connectivity index (χ3v) is 12.4. The van der Waals surface area contributed by atoms with Gasteiger partial charge in [-0.3, -0.25) is 0 Å². The second-order valence-corrected chi connectivity index (χ2v) is 15.7. The Labute approximate surface area is 320 Å². The fourth-order valence-corrected chi connectivity index (χ4v) is 10.1. The maximum absolute atomic E-state index is 6.26. The van der Waals surface area contributed by atoms with Crippen molar-refractivity contribution in [2.24, 2.45) is 0 Å². The first-order chi connectivity index (χ1) is 27.1. The van der Waals surface area contributed by atoms with Gasteiger partial charge in [-0.2, -0.15) is 0 Å². The highest BCUT2D eigenvalue weighted by Gasteiger charge is 2.43. The summed E-state index contributed by atoms with van der Waals surface area (Å²) < 4.78 is 6.26. The van der Waals surface area contributed by atoms with Crippen LogP contribution in [-0.4, -0.2) is 6.71 Å². The zero-order valence-corrected chi connectivity index (χ0v) is 30.6. The van der Waals surface area contributed by atoms with Crippen molar-refractivity contribution in [3.8, 4) is 22.3 Å². The van der Waals surface area contributed by atoms with E-state index in [0.717, 1.165) is 33.3 Å². The number of anilines is 6. The largest absolute Gasteiger partial charge is 0.456 e. The Morgan fingerprint density at radius 3 is 1.80 bits per heavy atom. The summed E-state index contributed by atoms with van der Waals surface area (Å²) in [6, 6.07) is 64.6. The van der Waals surface area contributed by atoms with Crippen LogP contribution in [0.1, 0.15) is 25.0 Å². The molecule has 12 rings (SSSR count). The summed E-state index contributed by atoms with van der Waals surface area (Å²) in [6.07, 6.45) is 0. The van der Waals surface area contributed by atoms with Crippen LogP contribution in [0.5, 0.6) is 0 Å². The summed E-state index contributed by atoms with van der Waals surface area (Å²) in [5.74, 6) is 0. The molecule has 1 aliphatic carbocycles. The Kier molecular flexibility index (Phi) is 6.20. The molecule has 0 fully saturated rings. The molecule has 3 nitrogen and oxygen atoms in total. The van der Waals surface area contributed by atoms with Gasteiger partial charge in [-0.05, 0) is 110 Å². The van der Waals surface area contributed by atoms with E-state index in [1.54, 1.807) is 0 Å². The molecule has 0 atom stereocenters. The van der Waals surface area contributed by atoms with Gasteiger partial charge in [0.05, 0.1) is 0 Å². The fourth-order valence-electron chi connectivity index (χ4n) is 10.1. The molecule has 0 N–H and O–H groups in total. The SMILES string of the molecule is CC1(C)c2ccccc2-c2cccc(-c3ccc(N4c5ccccc5B5c6ccccc6N(c6ccc7oc8ccccc8c7c6)c6cccc4c65)cc3)c21. The number of fused-ring (bicyclic) bond motifs is 10. The number of nitrogens with zero attached hydrogens (tertiary/aromatic N) is 2. The first-order valence-corrected chi connectivity index (χ1v) is 19.2. The van der Waals surface area contributed by atoms with Gasteiger partial charge < -0.3 is 14.2 Å². The number of hydrogen-bond donors (Lipinski definition) is 0. The van der Waals surface area contributed by atoms with Gasteiger partial charge >= 0.3 is 0 Å². The zero-order chi connectivity index (χ0) is 36.4. The van der Waals surface area contributed by atoms with Crippen molar-refractivity contribution in [1.29, 1.82) is 0 Å². The first kappa shape index (κ1) is 30.7. The van der Waals surface area contributed by atoms with Crippen molar-refractivity contribution in [1.82, 2.24) is 0 Å². The predicted octanol–water partition coefficient (Wildman–Crippen LogP) is 11.6. The lowest BCUT2D eigenvalue weighted by molar-refractivity contribution is 0.662. The highest BCUT2D eigenvalue weighted by Crippen LogP contribution is 2.52. The van der Waals surface area contributed by atoms with Crippen LogP contribution in [-0.2, 0) is 5.41 Å². The van der Waals surface area contributed by atoms with E-state index in [1.165, 1.54) is 72.5 Å². The van der Waals surface area contributed by atoms with E-state index >= 15 is 0 Å². The molecule has 1 aromatic heterocycles. The van der Waals surface area contributed by atoms with Crippen molar-refractivity contribution >= 4 is 79.2 Å². The number of rotatable bonds is 3. The van der Waals surface area contributed by atoms with Gasteiger partial charge in [-0.1, -0.05) is 129 Å². The number of hydrogen-bond acceptors (Lipinski definition) is 3. The van der Waals surface area contributed by atoms with E-state index in [-0.39, 0.29) is 12.1 Å². The highest BCUT2D eigenvalue weighted by atomic mass is 16.3. The van der Waals surface area contributed by atoms with Gasteiger partial charge in [-0.15, -0.1) is 0 Å². The van der Waals surface area contributed by atoms with Crippen LogP contribution in [0.15, 0.2) is 180 Å². The van der Waals surface area contributed by atoms with Crippen molar-refractivity contribution in [2.45, 2.75) is 19.3 Å². The third kappa shape index (κ3) is 4.17. The molecule has 55 heavy (non-hydrogen) atoms. The van der Waals surface area contributed by atoms with Gasteiger partial charge in [0, 0.05) is 50.3 Å². The maximum atomic E-state index is 6.26. The summed E-state index contributed by atoms with van der Waals surface area (Å²) in [5, 5.41) is 2.26. The molecule has 0 unspecified atom stereocenters. The molecular weight excluding hydrogens is 667 g/mol. The quantitative estimate of drug-likeness (QED) is 0.171. The molecule has 0 amide bonds. The van der Waals surface area contributed by atoms with E-state index in [0.29, 0.717) is 0 Å². The molecule has 8 aromatic carbocycles. The molecule has 3 aliphatic rings. The standard InChI is InChI=1S/C51H35BN2O/c1-51(2)40-17-5-3-13-36(40)38-16-11-15-35(49(38)51)32-25-27-33(28-26-32)53-43-20-8-6-18-41(43)52-42-19-7-9-21-44(42)54(46-23-12-22-45(53)50(46)52)34-29-30-48-39(31-34)37-14-4-10-24-47(37)55-48/h3-31H,1-2H3. The maximum Gasteiger partial charge on any atom is 0.252 e. The topological polar surface area (TPSA) is 19.6 Å². The summed E-state index contributed by atoms with van der Waals surface area (Å²) in [7, 11) is 0. The van der Waals surface area contributed by atoms with Crippen LogP contribution in [0.2, 0.25) is 0 Å². The van der Waals surface area contributed by atoms with Crippen molar-refractivity contribution < 1.29 is 4.42 Å². The predicted molar refractivity (Wildman–Crippen MR) is 231 cm³/mol. The molecule has 0 saturated carbocycles. The van der Waals surface area contributed by atoms with Crippen molar-refractivity contribution in [2.75, 3.05) is 9.80 Å². The molecule has 0 saturated heterocycles. The molecule has 258 valence electrons. The van der Waals surface area contributed by atoms with Crippen LogP contribution in [0.25, 0.3) is 44.2 Å². The molecule has 3 heterocycles. The molecule has 4 heteroatoms. The second kappa shape index (κ2) is 11.1. The molecule has 2 aliphatic heterocycles. The average Bonchev–Trinajstić information content (AvgIpc) is 3.72. The lowest BCUT2D eigenvalue weighted by Gasteiger charge is -2.44. The summed E-state index contributed by atoms with van der Waals surface area (Å²) in [4.78, 5) is 4.93. The van der Waals surface area contributed by atoms with Crippen LogP contribution in [0.3, 0.4) is 0 Å². The second-order valence-electron chi connectivity index (χ2n) is 15.7. The zero-order valence-electron chi connectivity index (χ0n) is 30.6. The van der Waals surface area contributed by atoms with Crippen LogP contribution < -0.4 is 26.2 Å². The first-order valence-electron chi connectivity index (χ1n) is 19.2. The van der Waals surface area contributed by atoms with E-state index in [9.17, 15) is 0 Å². The summed E-state index contributed by atoms with van der Waals surface area (Å²) >= 11 is 0. The van der Waals surface area contributed by atoms with Crippen LogP contribution in [0.4, 0.5) is 34.1 Å². The lowest BCUT2D eigenvalue weighted by Crippen LogP contribution is -2.61. The summed E-state index contributed by atoms with van der Waals surface area (Å²) in [6.45, 7) is 4.83. The number of para-hydroxylation sites is 3. The summed E-state index contributed by atoms with van der Waals surface area (Å²) in [5.41, 5.74) is 20.8. The van der Waals surface area contributed by atoms with Gasteiger partial charge in [0.25, 0.3) is 6.71 Å². The van der Waals surface area contributed by atoms with Crippen molar-refractivity contribution in [3.05, 3.63) is 187 Å². The molecule has 0 spiro atoms. The van der Waals surface area contributed by atoms with Gasteiger partial charge in [-0.25, -0.2) is 0 Å². The van der Waals surface area contributed by atoms with Crippen LogP contribution >= 0.6 is 0 Å². The molecular formula is C51H35BN2O. The normalized spacial score (nSPS) is 14.4. The molecule has 9 aromatic rings. The van der Waals surface area contributed by atoms with Crippen LogP contribution in [0, 0.1) is 0 Å². The molecule has 0 bridgehead atoms. The Bertz CT molecular complexity index is 3050. The number of furan rings is 1.